The molecule has 1 nitrogen and oxygen atoms in total. The number of hydrogen-bond donors (Lipinski definition) is 0. The van der Waals surface area contributed by atoms with Crippen molar-refractivity contribution >= 4 is 16.8 Å². The minimum atomic E-state index is -0.267. The van der Waals surface area contributed by atoms with Crippen LogP contribution in [0.1, 0.15) is 5.56 Å². The number of rotatable bonds is 1. The molecule has 1 aromatic carbocycles. The van der Waals surface area contributed by atoms with Crippen LogP contribution >= 0.6 is 0 Å². The summed E-state index contributed by atoms with van der Waals surface area (Å²) in [4.78, 5) is 0. The van der Waals surface area contributed by atoms with E-state index in [-0.39, 0.29) is 5.82 Å². The van der Waals surface area contributed by atoms with Crippen LogP contribution in [-0.4, -0.2) is 0 Å². The zero-order valence-corrected chi connectivity index (χ0v) is 6.38. The lowest BCUT2D eigenvalue weighted by Crippen LogP contribution is -1.77. The van der Waals surface area contributed by atoms with Gasteiger partial charge in [0.25, 0.3) is 0 Å². The summed E-state index contributed by atoms with van der Waals surface area (Å²) in [6, 6.07) is 3.26. The Labute approximate surface area is 69.1 Å². The highest BCUT2D eigenvalue weighted by atomic mass is 19.1. The highest BCUT2D eigenvalue weighted by molar-refractivity contribution is 5.83. The summed E-state index contributed by atoms with van der Waals surface area (Å²) in [5, 5.41) is 1.28. The number of furan rings is 1. The quantitative estimate of drug-likeness (QED) is 0.627. The minimum absolute atomic E-state index is 0.267. The van der Waals surface area contributed by atoms with Crippen molar-refractivity contribution < 1.29 is 8.81 Å². The lowest BCUT2D eigenvalue weighted by molar-refractivity contribution is 0.569. The standard InChI is InChI=1S/C10H7FO/c1-2-7-3-8-5-12-6-9(8)10(11)4-7/h2-6H,1H2. The number of hydrogen-bond acceptors (Lipinski definition) is 1. The molecular weight excluding hydrogens is 155 g/mol. The Morgan fingerprint density at radius 1 is 1.33 bits per heavy atom. The predicted molar refractivity (Wildman–Crippen MR) is 46.3 cm³/mol. The second-order valence-corrected chi connectivity index (χ2v) is 2.58. The van der Waals surface area contributed by atoms with E-state index in [1.807, 2.05) is 6.07 Å². The molecule has 0 spiro atoms. The van der Waals surface area contributed by atoms with Gasteiger partial charge in [0.2, 0.25) is 0 Å². The van der Waals surface area contributed by atoms with Crippen molar-refractivity contribution in [3.05, 3.63) is 42.6 Å². The van der Waals surface area contributed by atoms with Gasteiger partial charge in [0, 0.05) is 5.39 Å². The van der Waals surface area contributed by atoms with Crippen LogP contribution < -0.4 is 0 Å². The SMILES string of the molecule is C=Cc1cc(F)c2cocc2c1. The van der Waals surface area contributed by atoms with Crippen LogP contribution in [0.5, 0.6) is 0 Å². The molecule has 0 N–H and O–H groups in total. The van der Waals surface area contributed by atoms with Crippen LogP contribution in [0.25, 0.3) is 16.8 Å². The van der Waals surface area contributed by atoms with Crippen LogP contribution in [0, 0.1) is 5.82 Å². The second-order valence-electron chi connectivity index (χ2n) is 2.58. The van der Waals surface area contributed by atoms with E-state index in [2.05, 4.69) is 6.58 Å². The van der Waals surface area contributed by atoms with Gasteiger partial charge in [-0.05, 0) is 17.7 Å². The zero-order valence-electron chi connectivity index (χ0n) is 6.38. The molecule has 1 aromatic heterocycles. The Morgan fingerprint density at radius 2 is 2.17 bits per heavy atom. The van der Waals surface area contributed by atoms with E-state index < -0.39 is 0 Å². The van der Waals surface area contributed by atoms with Gasteiger partial charge in [0.1, 0.15) is 12.1 Å². The predicted octanol–water partition coefficient (Wildman–Crippen LogP) is 3.21. The Morgan fingerprint density at radius 3 is 2.92 bits per heavy atom. The van der Waals surface area contributed by atoms with E-state index in [9.17, 15) is 4.39 Å². The summed E-state index contributed by atoms with van der Waals surface area (Å²) >= 11 is 0. The molecular formula is C10H7FO. The summed E-state index contributed by atoms with van der Waals surface area (Å²) in [7, 11) is 0. The normalized spacial score (nSPS) is 10.4. The highest BCUT2D eigenvalue weighted by Crippen LogP contribution is 2.21. The summed E-state index contributed by atoms with van der Waals surface area (Å²) in [5.41, 5.74) is 0.765. The summed E-state index contributed by atoms with van der Waals surface area (Å²) in [6.07, 6.45) is 4.53. The fourth-order valence-corrected chi connectivity index (χ4v) is 1.18. The molecule has 0 saturated carbocycles. The first-order chi connectivity index (χ1) is 5.81. The third kappa shape index (κ3) is 0.925. The Bertz CT molecular complexity index is 428. The third-order valence-electron chi connectivity index (χ3n) is 1.80. The van der Waals surface area contributed by atoms with Crippen LogP contribution in [0.3, 0.4) is 0 Å². The van der Waals surface area contributed by atoms with E-state index >= 15 is 0 Å². The number of fused-ring (bicyclic) bond motifs is 1. The van der Waals surface area contributed by atoms with Gasteiger partial charge in [-0.25, -0.2) is 4.39 Å². The Kier molecular flexibility index (Phi) is 1.47. The van der Waals surface area contributed by atoms with Crippen molar-refractivity contribution in [1.82, 2.24) is 0 Å². The van der Waals surface area contributed by atoms with Gasteiger partial charge in [0.15, 0.2) is 0 Å². The fraction of sp³-hybridized carbons (Fsp3) is 0. The fourth-order valence-electron chi connectivity index (χ4n) is 1.18. The molecule has 0 aliphatic carbocycles. The molecule has 0 amide bonds. The van der Waals surface area contributed by atoms with E-state index in [1.165, 1.54) is 18.6 Å². The zero-order chi connectivity index (χ0) is 8.55. The van der Waals surface area contributed by atoms with Gasteiger partial charge >= 0.3 is 0 Å². The van der Waals surface area contributed by atoms with Crippen molar-refractivity contribution in [2.24, 2.45) is 0 Å². The van der Waals surface area contributed by atoms with Crippen molar-refractivity contribution in [2.75, 3.05) is 0 Å². The molecule has 0 aliphatic heterocycles. The van der Waals surface area contributed by atoms with E-state index in [0.29, 0.717) is 5.39 Å². The van der Waals surface area contributed by atoms with Crippen molar-refractivity contribution in [3.63, 3.8) is 0 Å². The van der Waals surface area contributed by atoms with Gasteiger partial charge in [-0.1, -0.05) is 12.7 Å². The van der Waals surface area contributed by atoms with Crippen LogP contribution in [0.2, 0.25) is 0 Å². The van der Waals surface area contributed by atoms with E-state index in [4.69, 9.17) is 4.42 Å². The highest BCUT2D eigenvalue weighted by Gasteiger charge is 2.03. The maximum absolute atomic E-state index is 13.2. The smallest absolute Gasteiger partial charge is 0.134 e. The van der Waals surface area contributed by atoms with Crippen LogP contribution in [0.15, 0.2) is 35.7 Å². The minimum Gasteiger partial charge on any atom is -0.471 e. The monoisotopic (exact) mass is 162 g/mol. The molecule has 0 saturated heterocycles. The molecule has 12 heavy (non-hydrogen) atoms. The largest absolute Gasteiger partial charge is 0.471 e. The van der Waals surface area contributed by atoms with Gasteiger partial charge in [-0.3, -0.25) is 0 Å². The van der Waals surface area contributed by atoms with Gasteiger partial charge < -0.3 is 4.42 Å². The maximum Gasteiger partial charge on any atom is 0.134 e. The molecule has 2 heteroatoms. The van der Waals surface area contributed by atoms with Crippen LogP contribution in [-0.2, 0) is 0 Å². The maximum atomic E-state index is 13.2. The lowest BCUT2D eigenvalue weighted by Gasteiger charge is -1.94. The molecule has 1 heterocycles. The topological polar surface area (TPSA) is 13.1 Å². The van der Waals surface area contributed by atoms with Crippen LogP contribution in [0.4, 0.5) is 4.39 Å². The lowest BCUT2D eigenvalue weighted by atomic mass is 10.1. The summed E-state index contributed by atoms with van der Waals surface area (Å²) in [5.74, 6) is -0.267. The molecule has 0 unspecified atom stereocenters. The first-order valence-corrected chi connectivity index (χ1v) is 3.59. The summed E-state index contributed by atoms with van der Waals surface area (Å²) in [6.45, 7) is 3.57. The Balaban J connectivity index is 2.83. The molecule has 2 rings (SSSR count). The second kappa shape index (κ2) is 2.48. The average Bonchev–Trinajstić information content (AvgIpc) is 2.52. The van der Waals surface area contributed by atoms with Crippen molar-refractivity contribution in [1.29, 1.82) is 0 Å². The van der Waals surface area contributed by atoms with Gasteiger partial charge in [0.05, 0.1) is 11.6 Å². The molecule has 0 atom stereocenters. The van der Waals surface area contributed by atoms with Crippen molar-refractivity contribution in [2.45, 2.75) is 0 Å². The molecule has 2 aromatic rings. The molecule has 0 fully saturated rings. The van der Waals surface area contributed by atoms with E-state index in [0.717, 1.165) is 10.9 Å². The molecule has 0 radical (unpaired) electrons. The number of halogens is 1. The molecule has 0 aliphatic rings. The van der Waals surface area contributed by atoms with E-state index in [1.54, 1.807) is 6.08 Å². The molecule has 60 valence electrons. The number of benzene rings is 1. The Hall–Kier alpha value is -1.57. The van der Waals surface area contributed by atoms with Gasteiger partial charge in [-0.15, -0.1) is 0 Å². The third-order valence-corrected chi connectivity index (χ3v) is 1.80. The molecule has 0 bridgehead atoms. The van der Waals surface area contributed by atoms with Gasteiger partial charge in [-0.2, -0.15) is 0 Å². The van der Waals surface area contributed by atoms with Crippen molar-refractivity contribution in [3.8, 4) is 0 Å². The first-order valence-electron chi connectivity index (χ1n) is 3.59. The average molecular weight is 162 g/mol. The summed E-state index contributed by atoms with van der Waals surface area (Å²) < 4.78 is 18.0. The first kappa shape index (κ1) is 7.10.